The van der Waals surface area contributed by atoms with Crippen molar-refractivity contribution in [2.24, 2.45) is 0 Å². The average Bonchev–Trinajstić information content (AvgIpc) is 2.68. The molecule has 0 radical (unpaired) electrons. The van der Waals surface area contributed by atoms with Gasteiger partial charge in [0.15, 0.2) is 0 Å². The molecule has 0 saturated heterocycles. The third-order valence-electron chi connectivity index (χ3n) is 3.71. The number of anilines is 1. The number of carbonyl (C=O) groups is 2. The van der Waals surface area contributed by atoms with E-state index in [0.29, 0.717) is 23.1 Å². The Hall–Kier alpha value is -2.77. The van der Waals surface area contributed by atoms with Gasteiger partial charge >= 0.3 is 0 Å². The first kappa shape index (κ1) is 21.5. The van der Waals surface area contributed by atoms with Crippen molar-refractivity contribution in [2.75, 3.05) is 45.8 Å². The summed E-state index contributed by atoms with van der Waals surface area (Å²) in [6, 6.07) is 14.2. The van der Waals surface area contributed by atoms with Crippen LogP contribution in [0.2, 0.25) is 5.02 Å². The zero-order valence-electron chi connectivity index (χ0n) is 15.8. The minimum absolute atomic E-state index is 0.127. The Morgan fingerprint density at radius 1 is 1.11 bits per heavy atom. The van der Waals surface area contributed by atoms with Crippen LogP contribution in [0, 0.1) is 0 Å². The zero-order valence-corrected chi connectivity index (χ0v) is 16.6. The van der Waals surface area contributed by atoms with Gasteiger partial charge in [0.2, 0.25) is 11.8 Å². The van der Waals surface area contributed by atoms with E-state index in [4.69, 9.17) is 25.8 Å². The summed E-state index contributed by atoms with van der Waals surface area (Å²) in [6.45, 7) is 0.331. The molecule has 0 heterocycles. The Morgan fingerprint density at radius 3 is 2.57 bits per heavy atom. The second-order valence-electron chi connectivity index (χ2n) is 5.86. The van der Waals surface area contributed by atoms with Crippen LogP contribution >= 0.6 is 11.6 Å². The van der Waals surface area contributed by atoms with Crippen molar-refractivity contribution < 1.29 is 23.8 Å². The number of hydrogen-bond donors (Lipinski definition) is 1. The number of ether oxygens (including phenoxy) is 3. The first-order valence-electron chi connectivity index (χ1n) is 8.62. The van der Waals surface area contributed by atoms with Gasteiger partial charge < -0.3 is 24.4 Å². The molecule has 8 heteroatoms. The summed E-state index contributed by atoms with van der Waals surface area (Å²) in [5.74, 6) is 0.535. The number of carbonyl (C=O) groups excluding carboxylic acids is 2. The van der Waals surface area contributed by atoms with Gasteiger partial charge in [0.1, 0.15) is 24.7 Å². The monoisotopic (exact) mass is 406 g/mol. The maximum Gasteiger partial charge on any atom is 0.248 e. The fraction of sp³-hybridized carbons (Fsp3) is 0.300. The van der Waals surface area contributed by atoms with Crippen molar-refractivity contribution >= 4 is 29.1 Å². The van der Waals surface area contributed by atoms with Crippen molar-refractivity contribution in [1.82, 2.24) is 4.90 Å². The number of benzene rings is 2. The number of halogens is 1. The number of methoxy groups -OCH3 is 1. The summed E-state index contributed by atoms with van der Waals surface area (Å²) in [4.78, 5) is 25.5. The van der Waals surface area contributed by atoms with E-state index in [-0.39, 0.29) is 31.6 Å². The molecular weight excluding hydrogens is 384 g/mol. The standard InChI is InChI=1S/C20H23ClN2O5/c1-23(13-19(24)22-17-12-15(21)8-9-18(17)26-2)20(25)14-27-10-11-28-16-6-4-3-5-7-16/h3-9,12H,10-11,13-14H2,1-2H3,(H,22,24). The first-order valence-corrected chi connectivity index (χ1v) is 9.00. The molecule has 0 aliphatic heterocycles. The van der Waals surface area contributed by atoms with Crippen LogP contribution in [0.15, 0.2) is 48.5 Å². The number of amides is 2. The Bertz CT molecular complexity index is 785. The van der Waals surface area contributed by atoms with Gasteiger partial charge in [-0.15, -0.1) is 0 Å². The molecule has 0 aliphatic rings. The van der Waals surface area contributed by atoms with Crippen LogP contribution in [-0.2, 0) is 14.3 Å². The van der Waals surface area contributed by atoms with Gasteiger partial charge in [-0.1, -0.05) is 29.8 Å². The van der Waals surface area contributed by atoms with Gasteiger partial charge in [-0.3, -0.25) is 9.59 Å². The Kier molecular flexibility index (Phi) is 8.58. The third kappa shape index (κ3) is 7.09. The number of nitrogens with one attached hydrogen (secondary N) is 1. The molecule has 1 N–H and O–H groups in total. The predicted molar refractivity (Wildman–Crippen MR) is 107 cm³/mol. The van der Waals surface area contributed by atoms with E-state index in [1.54, 1.807) is 18.2 Å². The normalized spacial score (nSPS) is 10.2. The molecule has 0 aliphatic carbocycles. The molecule has 0 aromatic heterocycles. The lowest BCUT2D eigenvalue weighted by Crippen LogP contribution is -2.37. The van der Waals surface area contributed by atoms with Crippen LogP contribution < -0.4 is 14.8 Å². The molecule has 2 rings (SSSR count). The fourth-order valence-electron chi connectivity index (χ4n) is 2.28. The van der Waals surface area contributed by atoms with Gasteiger partial charge in [-0.05, 0) is 30.3 Å². The summed E-state index contributed by atoms with van der Waals surface area (Å²) >= 11 is 5.94. The molecule has 0 spiro atoms. The van der Waals surface area contributed by atoms with Crippen molar-refractivity contribution in [3.8, 4) is 11.5 Å². The molecule has 0 fully saturated rings. The van der Waals surface area contributed by atoms with Crippen LogP contribution in [0.3, 0.4) is 0 Å². The Balaban J connectivity index is 1.70. The lowest BCUT2D eigenvalue weighted by atomic mass is 10.3. The summed E-state index contributed by atoms with van der Waals surface area (Å²) in [5.41, 5.74) is 0.440. The number of hydrogen-bond acceptors (Lipinski definition) is 5. The first-order chi connectivity index (χ1) is 13.5. The van der Waals surface area contributed by atoms with Gasteiger partial charge in [-0.25, -0.2) is 0 Å². The van der Waals surface area contributed by atoms with Crippen LogP contribution in [0.1, 0.15) is 0 Å². The van der Waals surface area contributed by atoms with Crippen LogP contribution in [-0.4, -0.2) is 57.2 Å². The minimum atomic E-state index is -0.371. The molecule has 0 saturated carbocycles. The molecule has 0 atom stereocenters. The summed E-state index contributed by atoms with van der Waals surface area (Å²) < 4.78 is 16.0. The van der Waals surface area contributed by atoms with Crippen LogP contribution in [0.4, 0.5) is 5.69 Å². The summed E-state index contributed by atoms with van der Waals surface area (Å²) in [7, 11) is 3.02. The highest BCUT2D eigenvalue weighted by Crippen LogP contribution is 2.27. The van der Waals surface area contributed by atoms with Crippen molar-refractivity contribution in [2.45, 2.75) is 0 Å². The van der Waals surface area contributed by atoms with E-state index in [9.17, 15) is 9.59 Å². The van der Waals surface area contributed by atoms with Crippen LogP contribution in [0.25, 0.3) is 0 Å². The van der Waals surface area contributed by atoms with E-state index < -0.39 is 0 Å². The van der Waals surface area contributed by atoms with Gasteiger partial charge in [0.05, 0.1) is 25.9 Å². The highest BCUT2D eigenvalue weighted by atomic mass is 35.5. The van der Waals surface area contributed by atoms with E-state index in [1.165, 1.54) is 19.1 Å². The number of nitrogens with zero attached hydrogens (tertiary/aromatic N) is 1. The topological polar surface area (TPSA) is 77.1 Å². The Morgan fingerprint density at radius 2 is 1.86 bits per heavy atom. The van der Waals surface area contributed by atoms with Gasteiger partial charge in [0, 0.05) is 12.1 Å². The summed E-state index contributed by atoms with van der Waals surface area (Å²) in [5, 5.41) is 3.14. The summed E-state index contributed by atoms with van der Waals surface area (Å²) in [6.07, 6.45) is 0. The molecule has 0 unspecified atom stereocenters. The fourth-order valence-corrected chi connectivity index (χ4v) is 2.45. The molecule has 150 valence electrons. The van der Waals surface area contributed by atoms with E-state index >= 15 is 0 Å². The van der Waals surface area contributed by atoms with Crippen molar-refractivity contribution in [1.29, 1.82) is 0 Å². The van der Waals surface area contributed by atoms with Gasteiger partial charge in [0.25, 0.3) is 0 Å². The maximum absolute atomic E-state index is 12.2. The smallest absolute Gasteiger partial charge is 0.248 e. The van der Waals surface area contributed by atoms with E-state index in [1.807, 2.05) is 30.3 Å². The largest absolute Gasteiger partial charge is 0.495 e. The number of likely N-dealkylation sites (N-methyl/N-ethyl adjacent to an activating group) is 1. The lowest BCUT2D eigenvalue weighted by Gasteiger charge is -2.17. The molecule has 0 bridgehead atoms. The molecule has 28 heavy (non-hydrogen) atoms. The predicted octanol–water partition coefficient (Wildman–Crippen LogP) is 2.84. The SMILES string of the molecule is COc1ccc(Cl)cc1NC(=O)CN(C)C(=O)COCCOc1ccccc1. The molecular formula is C20H23ClN2O5. The molecule has 2 aromatic rings. The van der Waals surface area contributed by atoms with E-state index in [0.717, 1.165) is 5.75 Å². The van der Waals surface area contributed by atoms with Crippen molar-refractivity contribution in [3.63, 3.8) is 0 Å². The quantitative estimate of drug-likeness (QED) is 0.614. The van der Waals surface area contributed by atoms with Crippen molar-refractivity contribution in [3.05, 3.63) is 53.6 Å². The van der Waals surface area contributed by atoms with Crippen LogP contribution in [0.5, 0.6) is 11.5 Å². The second kappa shape index (κ2) is 11.2. The highest BCUT2D eigenvalue weighted by molar-refractivity contribution is 6.31. The van der Waals surface area contributed by atoms with E-state index in [2.05, 4.69) is 5.32 Å². The maximum atomic E-state index is 12.2. The molecule has 7 nitrogen and oxygen atoms in total. The zero-order chi connectivity index (χ0) is 20.4. The number of para-hydroxylation sites is 1. The minimum Gasteiger partial charge on any atom is -0.495 e. The molecule has 2 aromatic carbocycles. The van der Waals surface area contributed by atoms with Gasteiger partial charge in [-0.2, -0.15) is 0 Å². The Labute approximate surface area is 169 Å². The number of rotatable bonds is 10. The average molecular weight is 407 g/mol. The lowest BCUT2D eigenvalue weighted by molar-refractivity contribution is -0.137. The highest BCUT2D eigenvalue weighted by Gasteiger charge is 2.15. The molecule has 2 amide bonds. The third-order valence-corrected chi connectivity index (χ3v) is 3.94. The second-order valence-corrected chi connectivity index (χ2v) is 6.29.